The summed E-state index contributed by atoms with van der Waals surface area (Å²) in [5, 5.41) is 13.0. The highest BCUT2D eigenvalue weighted by Gasteiger charge is 2.34. The molecule has 1 atom stereocenters. The molecule has 1 N–H and O–H groups in total. The van der Waals surface area contributed by atoms with Gasteiger partial charge in [-0.3, -0.25) is 4.79 Å². The Labute approximate surface area is 203 Å². The monoisotopic (exact) mass is 497 g/mol. The van der Waals surface area contributed by atoms with Gasteiger partial charge in [0.2, 0.25) is 15.9 Å². The van der Waals surface area contributed by atoms with Gasteiger partial charge >= 0.3 is 0 Å². The van der Waals surface area contributed by atoms with Crippen molar-refractivity contribution in [3.63, 3.8) is 0 Å². The Kier molecular flexibility index (Phi) is 7.03. The van der Waals surface area contributed by atoms with E-state index in [1.165, 1.54) is 16.4 Å². The lowest BCUT2D eigenvalue weighted by atomic mass is 9.96. The number of aromatic nitrogens is 2. The third-order valence-electron chi connectivity index (χ3n) is 6.06. The fourth-order valence-electron chi connectivity index (χ4n) is 4.15. The Morgan fingerprint density at radius 2 is 1.85 bits per heavy atom. The Bertz CT molecular complexity index is 1320. The van der Waals surface area contributed by atoms with E-state index in [4.69, 9.17) is 11.6 Å². The van der Waals surface area contributed by atoms with Crippen LogP contribution in [0.3, 0.4) is 0 Å². The van der Waals surface area contributed by atoms with Crippen LogP contribution in [-0.4, -0.2) is 41.3 Å². The van der Waals surface area contributed by atoms with Gasteiger partial charge in [-0.1, -0.05) is 35.9 Å². The fraction of sp³-hybridized carbons (Fsp3) is 0.292. The molecule has 8 nitrogen and oxygen atoms in total. The number of hydrogen-bond donors (Lipinski definition) is 1. The maximum Gasteiger partial charge on any atom is 0.244 e. The Morgan fingerprint density at radius 1 is 1.18 bits per heavy atom. The largest absolute Gasteiger partial charge is 0.342 e. The number of carbonyl (C=O) groups is 1. The number of nitrogens with one attached hydrogen (secondary N) is 1. The second-order valence-electron chi connectivity index (χ2n) is 8.18. The molecular formula is C24H24ClN5O3S. The van der Waals surface area contributed by atoms with Crippen LogP contribution in [-0.2, 0) is 21.9 Å². The second kappa shape index (κ2) is 9.97. The Balaban J connectivity index is 1.48. The lowest BCUT2D eigenvalue weighted by Crippen LogP contribution is -2.44. The molecule has 0 bridgehead atoms. The van der Waals surface area contributed by atoms with Crippen LogP contribution in [0.2, 0.25) is 5.02 Å². The standard InChI is InChI=1S/C24H24ClN5O3S/c1-29-15-12-27-23(29)22(17-6-8-20(25)9-7-17)28-24(31)18-10-13-30(14-11-18)34(32,33)21-5-3-2-4-19(21)16-26/h2-9,12,15,18,22H,10-11,13-14H2,1H3,(H,28,31)/t22-/m1/s1. The molecule has 10 heteroatoms. The number of carbonyl (C=O) groups excluding carboxylic acids is 1. The molecule has 0 aliphatic carbocycles. The van der Waals surface area contributed by atoms with Gasteiger partial charge in [0.05, 0.1) is 10.5 Å². The van der Waals surface area contributed by atoms with Gasteiger partial charge in [0.25, 0.3) is 0 Å². The summed E-state index contributed by atoms with van der Waals surface area (Å²) in [5.74, 6) is 0.189. The van der Waals surface area contributed by atoms with Crippen LogP contribution in [0.4, 0.5) is 0 Å². The molecule has 0 radical (unpaired) electrons. The van der Waals surface area contributed by atoms with Gasteiger partial charge in [0.1, 0.15) is 17.9 Å². The number of halogens is 1. The minimum Gasteiger partial charge on any atom is -0.342 e. The van der Waals surface area contributed by atoms with Crippen molar-refractivity contribution < 1.29 is 13.2 Å². The van der Waals surface area contributed by atoms with Crippen LogP contribution >= 0.6 is 11.6 Å². The first-order chi connectivity index (χ1) is 16.3. The zero-order chi connectivity index (χ0) is 24.3. The summed E-state index contributed by atoms with van der Waals surface area (Å²) in [7, 11) is -1.95. The maximum absolute atomic E-state index is 13.2. The molecule has 0 spiro atoms. The highest BCUT2D eigenvalue weighted by atomic mass is 35.5. The first-order valence-corrected chi connectivity index (χ1v) is 12.7. The van der Waals surface area contributed by atoms with Crippen molar-refractivity contribution >= 4 is 27.5 Å². The van der Waals surface area contributed by atoms with Crippen LogP contribution < -0.4 is 5.32 Å². The van der Waals surface area contributed by atoms with Crippen molar-refractivity contribution in [1.82, 2.24) is 19.2 Å². The number of benzene rings is 2. The molecule has 4 rings (SSSR count). The molecule has 2 heterocycles. The van der Waals surface area contributed by atoms with Crippen molar-refractivity contribution in [2.24, 2.45) is 13.0 Å². The van der Waals surface area contributed by atoms with Crippen LogP contribution in [0.25, 0.3) is 0 Å². The minimum atomic E-state index is -3.81. The summed E-state index contributed by atoms with van der Waals surface area (Å²) >= 11 is 6.03. The molecule has 1 amide bonds. The zero-order valence-corrected chi connectivity index (χ0v) is 20.1. The number of aryl methyl sites for hydroxylation is 1. The van der Waals surface area contributed by atoms with Gasteiger partial charge in [-0.25, -0.2) is 13.4 Å². The highest BCUT2D eigenvalue weighted by Crippen LogP contribution is 2.28. The van der Waals surface area contributed by atoms with Gasteiger partial charge in [-0.15, -0.1) is 0 Å². The van der Waals surface area contributed by atoms with Gasteiger partial charge < -0.3 is 9.88 Å². The van der Waals surface area contributed by atoms with E-state index in [0.29, 0.717) is 23.7 Å². The third-order valence-corrected chi connectivity index (χ3v) is 8.27. The van der Waals surface area contributed by atoms with Gasteiger partial charge in [-0.2, -0.15) is 9.57 Å². The van der Waals surface area contributed by atoms with Crippen molar-refractivity contribution in [3.8, 4) is 6.07 Å². The lowest BCUT2D eigenvalue weighted by Gasteiger charge is -2.31. The number of sulfonamides is 1. The van der Waals surface area contributed by atoms with Crippen LogP contribution in [0.15, 0.2) is 65.8 Å². The predicted molar refractivity (Wildman–Crippen MR) is 127 cm³/mol. The van der Waals surface area contributed by atoms with E-state index < -0.39 is 16.1 Å². The SMILES string of the molecule is Cn1ccnc1[C@H](NC(=O)C1CCN(S(=O)(=O)c2ccccc2C#N)CC1)c1ccc(Cl)cc1. The van der Waals surface area contributed by atoms with Gasteiger partial charge in [-0.05, 0) is 42.7 Å². The summed E-state index contributed by atoms with van der Waals surface area (Å²) in [6.07, 6.45) is 4.25. The van der Waals surface area contributed by atoms with Crippen molar-refractivity contribution in [3.05, 3.63) is 82.9 Å². The van der Waals surface area contributed by atoms with Gasteiger partial charge in [0, 0.05) is 43.5 Å². The molecule has 3 aromatic rings. The molecule has 1 saturated heterocycles. The maximum atomic E-state index is 13.2. The normalized spacial score (nSPS) is 16.0. The molecule has 0 unspecified atom stereocenters. The number of imidazole rings is 1. The highest BCUT2D eigenvalue weighted by molar-refractivity contribution is 7.89. The molecule has 2 aromatic carbocycles. The summed E-state index contributed by atoms with van der Waals surface area (Å²) in [5.41, 5.74) is 0.961. The molecular weight excluding hydrogens is 474 g/mol. The average molecular weight is 498 g/mol. The molecule has 176 valence electrons. The van der Waals surface area contributed by atoms with E-state index in [1.807, 2.05) is 36.0 Å². The number of nitriles is 1. The lowest BCUT2D eigenvalue weighted by molar-refractivity contribution is -0.126. The summed E-state index contributed by atoms with van der Waals surface area (Å²) in [6.45, 7) is 0.405. The average Bonchev–Trinajstić information content (AvgIpc) is 3.28. The predicted octanol–water partition coefficient (Wildman–Crippen LogP) is 3.25. The van der Waals surface area contributed by atoms with E-state index in [1.54, 1.807) is 30.5 Å². The quantitative estimate of drug-likeness (QED) is 0.562. The molecule has 34 heavy (non-hydrogen) atoms. The number of hydrogen-bond acceptors (Lipinski definition) is 5. The zero-order valence-electron chi connectivity index (χ0n) is 18.6. The number of amides is 1. The summed E-state index contributed by atoms with van der Waals surface area (Å²) in [6, 6.07) is 14.9. The van der Waals surface area contributed by atoms with Crippen molar-refractivity contribution in [2.75, 3.05) is 13.1 Å². The Morgan fingerprint density at radius 3 is 2.47 bits per heavy atom. The molecule has 1 aliphatic rings. The van der Waals surface area contributed by atoms with Gasteiger partial charge in [0.15, 0.2) is 0 Å². The van der Waals surface area contributed by atoms with E-state index in [2.05, 4.69) is 10.3 Å². The first-order valence-electron chi connectivity index (χ1n) is 10.8. The molecule has 0 saturated carbocycles. The molecule has 1 aromatic heterocycles. The molecule has 1 aliphatic heterocycles. The van der Waals surface area contributed by atoms with Crippen molar-refractivity contribution in [2.45, 2.75) is 23.8 Å². The van der Waals surface area contributed by atoms with Crippen molar-refractivity contribution in [1.29, 1.82) is 5.26 Å². The summed E-state index contributed by atoms with van der Waals surface area (Å²) in [4.78, 5) is 17.6. The second-order valence-corrected chi connectivity index (χ2v) is 10.5. The van der Waals surface area contributed by atoms with Crippen LogP contribution in [0.5, 0.6) is 0 Å². The fourth-order valence-corrected chi connectivity index (χ4v) is 5.89. The Hall–Kier alpha value is -3.19. The first kappa shape index (κ1) is 24.0. The third kappa shape index (κ3) is 4.85. The van der Waals surface area contributed by atoms with E-state index in [-0.39, 0.29) is 35.4 Å². The van der Waals surface area contributed by atoms with E-state index in [0.717, 1.165) is 5.56 Å². The van der Waals surface area contributed by atoms with Crippen LogP contribution in [0.1, 0.15) is 35.8 Å². The number of nitrogens with zero attached hydrogens (tertiary/aromatic N) is 4. The smallest absolute Gasteiger partial charge is 0.244 e. The number of piperidine rings is 1. The van der Waals surface area contributed by atoms with E-state index >= 15 is 0 Å². The number of rotatable bonds is 6. The topological polar surface area (TPSA) is 108 Å². The summed E-state index contributed by atoms with van der Waals surface area (Å²) < 4.78 is 29.4. The van der Waals surface area contributed by atoms with E-state index in [9.17, 15) is 18.5 Å². The van der Waals surface area contributed by atoms with Crippen LogP contribution in [0, 0.1) is 17.2 Å². The molecule has 1 fully saturated rings. The minimum absolute atomic E-state index is 0.00186.